The number of nitrogen functional groups attached to an aromatic ring is 1. The molecule has 1 atom stereocenters. The SMILES string of the molecule is CCC(C)NC(=O)CCNS(=O)(=O)c1cnc(N)nc1. The van der Waals surface area contributed by atoms with Gasteiger partial charge in [0.1, 0.15) is 4.90 Å². The molecule has 1 unspecified atom stereocenters. The zero-order valence-electron chi connectivity index (χ0n) is 11.5. The van der Waals surface area contributed by atoms with Gasteiger partial charge in [-0.05, 0) is 13.3 Å². The first-order valence-electron chi connectivity index (χ1n) is 6.21. The van der Waals surface area contributed by atoms with Gasteiger partial charge in [-0.3, -0.25) is 4.79 Å². The van der Waals surface area contributed by atoms with Gasteiger partial charge in [-0.2, -0.15) is 0 Å². The molecule has 20 heavy (non-hydrogen) atoms. The van der Waals surface area contributed by atoms with E-state index in [1.165, 1.54) is 0 Å². The van der Waals surface area contributed by atoms with Gasteiger partial charge >= 0.3 is 0 Å². The monoisotopic (exact) mass is 301 g/mol. The van der Waals surface area contributed by atoms with E-state index in [0.29, 0.717) is 0 Å². The molecule has 0 spiro atoms. The van der Waals surface area contributed by atoms with Crippen molar-refractivity contribution in [2.45, 2.75) is 37.6 Å². The molecule has 1 aromatic rings. The zero-order chi connectivity index (χ0) is 15.2. The van der Waals surface area contributed by atoms with Crippen LogP contribution < -0.4 is 15.8 Å². The van der Waals surface area contributed by atoms with Crippen LogP contribution >= 0.6 is 0 Å². The van der Waals surface area contributed by atoms with Crippen LogP contribution in [-0.4, -0.2) is 36.9 Å². The fraction of sp³-hybridized carbons (Fsp3) is 0.545. The molecule has 0 radical (unpaired) electrons. The predicted molar refractivity (Wildman–Crippen MR) is 74.1 cm³/mol. The Labute approximate surface area is 118 Å². The minimum Gasteiger partial charge on any atom is -0.368 e. The first kappa shape index (κ1) is 16.3. The van der Waals surface area contributed by atoms with Gasteiger partial charge in [0.25, 0.3) is 0 Å². The highest BCUT2D eigenvalue weighted by atomic mass is 32.2. The summed E-state index contributed by atoms with van der Waals surface area (Å²) in [6.07, 6.45) is 3.12. The molecule has 0 saturated heterocycles. The summed E-state index contributed by atoms with van der Waals surface area (Å²) in [6, 6.07) is 0.0737. The molecule has 8 nitrogen and oxygen atoms in total. The molecule has 1 rings (SSSR count). The van der Waals surface area contributed by atoms with Gasteiger partial charge in [0.15, 0.2) is 0 Å². The van der Waals surface area contributed by atoms with Gasteiger partial charge in [0.05, 0.1) is 12.4 Å². The summed E-state index contributed by atoms with van der Waals surface area (Å²) in [5.74, 6) is -0.201. The Morgan fingerprint density at radius 2 is 2.00 bits per heavy atom. The number of carbonyl (C=O) groups excluding carboxylic acids is 1. The Balaban J connectivity index is 2.48. The molecule has 0 fully saturated rings. The minimum atomic E-state index is -3.72. The van der Waals surface area contributed by atoms with Gasteiger partial charge in [0, 0.05) is 19.0 Å². The molecule has 0 bridgehead atoms. The standard InChI is InChI=1S/C11H19N5O3S/c1-3-8(2)16-10(17)4-5-15-20(18,19)9-6-13-11(12)14-7-9/h6-8,15H,3-5H2,1-2H3,(H,16,17)(H2,12,13,14). The van der Waals surface area contributed by atoms with E-state index in [0.717, 1.165) is 18.8 Å². The number of nitrogens with two attached hydrogens (primary N) is 1. The van der Waals surface area contributed by atoms with Crippen molar-refractivity contribution in [1.29, 1.82) is 0 Å². The van der Waals surface area contributed by atoms with E-state index in [2.05, 4.69) is 20.0 Å². The van der Waals surface area contributed by atoms with E-state index in [4.69, 9.17) is 5.73 Å². The third-order valence-corrected chi connectivity index (χ3v) is 4.04. The van der Waals surface area contributed by atoms with E-state index in [9.17, 15) is 13.2 Å². The van der Waals surface area contributed by atoms with Gasteiger partial charge in [-0.1, -0.05) is 6.92 Å². The number of rotatable bonds is 7. The number of hydrogen-bond acceptors (Lipinski definition) is 6. The lowest BCUT2D eigenvalue weighted by Gasteiger charge is -2.11. The van der Waals surface area contributed by atoms with Gasteiger partial charge in [-0.15, -0.1) is 0 Å². The molecule has 112 valence electrons. The largest absolute Gasteiger partial charge is 0.368 e. The molecule has 0 saturated carbocycles. The van der Waals surface area contributed by atoms with E-state index < -0.39 is 10.0 Å². The zero-order valence-corrected chi connectivity index (χ0v) is 12.3. The Morgan fingerprint density at radius 1 is 1.40 bits per heavy atom. The van der Waals surface area contributed by atoms with Crippen LogP contribution in [0.15, 0.2) is 17.3 Å². The maximum absolute atomic E-state index is 11.8. The van der Waals surface area contributed by atoms with Gasteiger partial charge in [0.2, 0.25) is 21.9 Å². The van der Waals surface area contributed by atoms with Gasteiger partial charge < -0.3 is 11.1 Å². The van der Waals surface area contributed by atoms with Crippen molar-refractivity contribution < 1.29 is 13.2 Å². The molecule has 0 aliphatic rings. The van der Waals surface area contributed by atoms with Crippen molar-refractivity contribution >= 4 is 21.9 Å². The third-order valence-electron chi connectivity index (χ3n) is 2.62. The maximum Gasteiger partial charge on any atom is 0.243 e. The molecule has 4 N–H and O–H groups in total. The first-order valence-corrected chi connectivity index (χ1v) is 7.70. The lowest BCUT2D eigenvalue weighted by molar-refractivity contribution is -0.121. The Bertz CT molecular complexity index is 544. The quantitative estimate of drug-likeness (QED) is 0.631. The Kier molecular flexibility index (Phi) is 5.83. The molecule has 0 aliphatic heterocycles. The number of nitrogens with zero attached hydrogens (tertiary/aromatic N) is 2. The highest BCUT2D eigenvalue weighted by Gasteiger charge is 2.15. The summed E-state index contributed by atoms with van der Waals surface area (Å²) in [5.41, 5.74) is 5.28. The minimum absolute atomic E-state index is 0.00289. The molecule has 0 aromatic carbocycles. The van der Waals surface area contributed by atoms with Crippen LogP contribution in [0.5, 0.6) is 0 Å². The predicted octanol–water partition coefficient (Wildman–Crippen LogP) is -0.358. The van der Waals surface area contributed by atoms with Gasteiger partial charge in [-0.25, -0.2) is 23.1 Å². The summed E-state index contributed by atoms with van der Waals surface area (Å²) >= 11 is 0. The molecule has 1 amide bonds. The van der Waals surface area contributed by atoms with Crippen molar-refractivity contribution in [3.05, 3.63) is 12.4 Å². The van der Waals surface area contributed by atoms with E-state index >= 15 is 0 Å². The number of aromatic nitrogens is 2. The molecular weight excluding hydrogens is 282 g/mol. The second kappa shape index (κ2) is 7.15. The molecule has 0 aliphatic carbocycles. The average molecular weight is 301 g/mol. The molecule has 1 aromatic heterocycles. The van der Waals surface area contributed by atoms with Crippen LogP contribution in [0, 0.1) is 0 Å². The number of nitrogens with one attached hydrogen (secondary N) is 2. The van der Waals surface area contributed by atoms with Crippen LogP contribution in [0.25, 0.3) is 0 Å². The van der Waals surface area contributed by atoms with E-state index in [1.807, 2.05) is 13.8 Å². The highest BCUT2D eigenvalue weighted by molar-refractivity contribution is 7.89. The average Bonchev–Trinajstić information content (AvgIpc) is 2.38. The summed E-state index contributed by atoms with van der Waals surface area (Å²) in [7, 11) is -3.72. The molecule has 1 heterocycles. The number of anilines is 1. The number of carbonyl (C=O) groups is 1. The van der Waals surface area contributed by atoms with E-state index in [1.54, 1.807) is 0 Å². The number of hydrogen-bond donors (Lipinski definition) is 3. The molecular formula is C11H19N5O3S. The van der Waals surface area contributed by atoms with Crippen LogP contribution in [0.3, 0.4) is 0 Å². The Hall–Kier alpha value is -1.74. The first-order chi connectivity index (χ1) is 9.35. The number of sulfonamides is 1. The lowest BCUT2D eigenvalue weighted by atomic mass is 10.2. The summed E-state index contributed by atoms with van der Waals surface area (Å²) in [4.78, 5) is 18.6. The van der Waals surface area contributed by atoms with Crippen molar-refractivity contribution in [3.8, 4) is 0 Å². The summed E-state index contributed by atoms with van der Waals surface area (Å²) in [6.45, 7) is 3.84. The molecule has 9 heteroatoms. The normalized spacial score (nSPS) is 12.9. The topological polar surface area (TPSA) is 127 Å². The van der Waals surface area contributed by atoms with Crippen molar-refractivity contribution in [1.82, 2.24) is 20.0 Å². The maximum atomic E-state index is 11.8. The van der Waals surface area contributed by atoms with E-state index in [-0.39, 0.29) is 35.8 Å². The fourth-order valence-electron chi connectivity index (χ4n) is 1.30. The van der Waals surface area contributed by atoms with Crippen LogP contribution in [0.2, 0.25) is 0 Å². The van der Waals surface area contributed by atoms with Crippen molar-refractivity contribution in [2.75, 3.05) is 12.3 Å². The van der Waals surface area contributed by atoms with Crippen LogP contribution in [-0.2, 0) is 14.8 Å². The lowest BCUT2D eigenvalue weighted by Crippen LogP contribution is -2.35. The summed E-state index contributed by atoms with van der Waals surface area (Å²) in [5, 5.41) is 2.75. The smallest absolute Gasteiger partial charge is 0.243 e. The number of amides is 1. The summed E-state index contributed by atoms with van der Waals surface area (Å²) < 4.78 is 26.0. The highest BCUT2D eigenvalue weighted by Crippen LogP contribution is 2.05. The second-order valence-corrected chi connectivity index (χ2v) is 6.07. The van der Waals surface area contributed by atoms with Crippen molar-refractivity contribution in [3.63, 3.8) is 0 Å². The Morgan fingerprint density at radius 3 is 2.55 bits per heavy atom. The van der Waals surface area contributed by atoms with Crippen molar-refractivity contribution in [2.24, 2.45) is 0 Å². The third kappa shape index (κ3) is 5.10. The van der Waals surface area contributed by atoms with Crippen LogP contribution in [0.4, 0.5) is 5.95 Å². The second-order valence-electron chi connectivity index (χ2n) is 4.30. The van der Waals surface area contributed by atoms with Crippen LogP contribution in [0.1, 0.15) is 26.7 Å². The fourth-order valence-corrected chi connectivity index (χ4v) is 2.22.